The van der Waals surface area contributed by atoms with E-state index in [1.807, 2.05) is 12.1 Å². The molecule has 9 aromatic carbocycles. The Morgan fingerprint density at radius 3 is 1.42 bits per heavy atom. The van der Waals surface area contributed by atoms with Crippen molar-refractivity contribution in [3.05, 3.63) is 204 Å². The second-order valence-electron chi connectivity index (χ2n) is 14.4. The van der Waals surface area contributed by atoms with Crippen LogP contribution >= 0.6 is 0 Å². The average Bonchev–Trinajstić information content (AvgIpc) is 3.84. The molecule has 0 atom stereocenters. The van der Waals surface area contributed by atoms with E-state index >= 15 is 0 Å². The zero-order chi connectivity index (χ0) is 34.0. The summed E-state index contributed by atoms with van der Waals surface area (Å²) in [6.45, 7) is 0. The van der Waals surface area contributed by atoms with Gasteiger partial charge in [-0.15, -0.1) is 0 Å². The van der Waals surface area contributed by atoms with Crippen molar-refractivity contribution in [2.75, 3.05) is 0 Å². The highest BCUT2D eigenvalue weighted by Crippen LogP contribution is 2.64. The second-order valence-corrected chi connectivity index (χ2v) is 14.4. The molecule has 0 N–H and O–H groups in total. The molecule has 2 aliphatic carbocycles. The van der Waals surface area contributed by atoms with Crippen LogP contribution in [0.15, 0.2) is 186 Å². The van der Waals surface area contributed by atoms with Gasteiger partial charge in [-0.25, -0.2) is 0 Å². The van der Waals surface area contributed by atoms with Gasteiger partial charge in [0.15, 0.2) is 0 Å². The van der Waals surface area contributed by atoms with Crippen LogP contribution in [0.3, 0.4) is 0 Å². The van der Waals surface area contributed by atoms with E-state index in [1.165, 1.54) is 88.3 Å². The third-order valence-electron chi connectivity index (χ3n) is 11.9. The Kier molecular flexibility index (Phi) is 5.49. The Hall–Kier alpha value is -6.70. The van der Waals surface area contributed by atoms with E-state index in [4.69, 9.17) is 4.42 Å². The van der Waals surface area contributed by atoms with Crippen LogP contribution in [-0.4, -0.2) is 0 Å². The van der Waals surface area contributed by atoms with E-state index in [1.54, 1.807) is 0 Å². The molecular formula is C51H30O. The van der Waals surface area contributed by atoms with Gasteiger partial charge in [-0.1, -0.05) is 146 Å². The van der Waals surface area contributed by atoms with Crippen molar-refractivity contribution in [1.82, 2.24) is 0 Å². The van der Waals surface area contributed by atoms with Gasteiger partial charge in [0.05, 0.1) is 5.41 Å². The molecule has 1 heterocycles. The van der Waals surface area contributed by atoms with Crippen molar-refractivity contribution < 1.29 is 4.42 Å². The molecule has 52 heavy (non-hydrogen) atoms. The fraction of sp³-hybridized carbons (Fsp3) is 0.0196. The number of rotatable bonds is 2. The Morgan fingerprint density at radius 2 is 0.769 bits per heavy atom. The van der Waals surface area contributed by atoms with Gasteiger partial charge in [-0.3, -0.25) is 0 Å². The first-order valence-electron chi connectivity index (χ1n) is 18.1. The monoisotopic (exact) mass is 658 g/mol. The zero-order valence-electron chi connectivity index (χ0n) is 28.2. The normalized spacial score (nSPS) is 13.5. The van der Waals surface area contributed by atoms with Crippen molar-refractivity contribution in [1.29, 1.82) is 0 Å². The summed E-state index contributed by atoms with van der Waals surface area (Å²) in [5.41, 5.74) is 17.2. The molecule has 10 aromatic rings. The third-order valence-corrected chi connectivity index (χ3v) is 11.9. The maximum absolute atomic E-state index is 6.09. The maximum Gasteiger partial charge on any atom is 0.135 e. The van der Waals surface area contributed by atoms with Gasteiger partial charge < -0.3 is 4.42 Å². The maximum atomic E-state index is 6.09. The molecule has 1 nitrogen and oxygen atoms in total. The van der Waals surface area contributed by atoms with Crippen molar-refractivity contribution in [2.45, 2.75) is 5.41 Å². The number of furan rings is 1. The second kappa shape index (κ2) is 10.2. The summed E-state index contributed by atoms with van der Waals surface area (Å²) in [6, 6.07) is 67.4. The largest absolute Gasteiger partial charge is 0.456 e. The molecule has 1 aromatic heterocycles. The first kappa shape index (κ1) is 28.0. The van der Waals surface area contributed by atoms with E-state index < -0.39 is 0 Å². The molecule has 0 radical (unpaired) electrons. The minimum atomic E-state index is -0.372. The highest BCUT2D eigenvalue weighted by Gasteiger charge is 2.52. The zero-order valence-corrected chi connectivity index (χ0v) is 28.2. The van der Waals surface area contributed by atoms with Gasteiger partial charge in [0, 0.05) is 10.8 Å². The van der Waals surface area contributed by atoms with E-state index in [2.05, 4.69) is 170 Å². The molecule has 1 spiro atoms. The van der Waals surface area contributed by atoms with Gasteiger partial charge >= 0.3 is 0 Å². The van der Waals surface area contributed by atoms with Gasteiger partial charge in [-0.2, -0.15) is 0 Å². The highest BCUT2D eigenvalue weighted by atomic mass is 16.3. The van der Waals surface area contributed by atoms with Crippen molar-refractivity contribution in [2.24, 2.45) is 0 Å². The van der Waals surface area contributed by atoms with Crippen LogP contribution in [0.4, 0.5) is 0 Å². The predicted molar refractivity (Wildman–Crippen MR) is 216 cm³/mol. The van der Waals surface area contributed by atoms with Crippen LogP contribution in [0.25, 0.3) is 88.0 Å². The Balaban J connectivity index is 1.02. The van der Waals surface area contributed by atoms with Gasteiger partial charge in [0.2, 0.25) is 0 Å². The molecule has 0 saturated carbocycles. The summed E-state index contributed by atoms with van der Waals surface area (Å²) in [7, 11) is 0. The lowest BCUT2D eigenvalue weighted by molar-refractivity contribution is 0.669. The summed E-state index contributed by atoms with van der Waals surface area (Å²) in [6.07, 6.45) is 0. The van der Waals surface area contributed by atoms with Crippen LogP contribution in [0.2, 0.25) is 0 Å². The SMILES string of the molecule is c1ccc2c(c1)-c1ccccc1C21c2ccccc2-c2ccc3ccc(-c4ccc5cc(-c6ccc7oc8ccccc8c7c6)ccc5c4)cc3c21. The van der Waals surface area contributed by atoms with Crippen molar-refractivity contribution in [3.63, 3.8) is 0 Å². The van der Waals surface area contributed by atoms with E-state index in [9.17, 15) is 0 Å². The molecule has 0 fully saturated rings. The van der Waals surface area contributed by atoms with Crippen LogP contribution in [0.5, 0.6) is 0 Å². The minimum Gasteiger partial charge on any atom is -0.456 e. The minimum absolute atomic E-state index is 0.372. The molecule has 0 bridgehead atoms. The molecule has 12 rings (SSSR count). The third kappa shape index (κ3) is 3.62. The Bertz CT molecular complexity index is 3080. The number of hydrogen-bond acceptors (Lipinski definition) is 1. The Labute approximate surface area is 301 Å². The first-order valence-corrected chi connectivity index (χ1v) is 18.1. The van der Waals surface area contributed by atoms with Gasteiger partial charge in [-0.05, 0) is 125 Å². The van der Waals surface area contributed by atoms with Crippen LogP contribution in [0.1, 0.15) is 22.3 Å². The molecule has 0 unspecified atom stereocenters. The fourth-order valence-electron chi connectivity index (χ4n) is 9.61. The highest BCUT2D eigenvalue weighted by molar-refractivity contribution is 6.07. The van der Waals surface area contributed by atoms with Crippen LogP contribution in [0, 0.1) is 0 Å². The average molecular weight is 659 g/mol. The molecule has 240 valence electrons. The Morgan fingerprint density at radius 1 is 0.308 bits per heavy atom. The fourth-order valence-corrected chi connectivity index (χ4v) is 9.61. The molecular weight excluding hydrogens is 629 g/mol. The van der Waals surface area contributed by atoms with Crippen LogP contribution in [-0.2, 0) is 5.41 Å². The van der Waals surface area contributed by atoms with Crippen LogP contribution < -0.4 is 0 Å². The summed E-state index contributed by atoms with van der Waals surface area (Å²) >= 11 is 0. The topological polar surface area (TPSA) is 13.1 Å². The number of benzene rings is 9. The quantitative estimate of drug-likeness (QED) is 0.180. The standard InChI is InChI=1S/C51H30O/c1-5-13-45-38(9-1)39-10-2-6-14-46(39)51(45)47-15-7-3-11-40(47)42-25-23-31-17-18-36(29-43(31)50(42)51)34-21-19-33-28-35(22-20-32(33)27-34)37-24-26-49-44(30-37)41-12-4-8-16-48(41)52-49/h1-30H. The van der Waals surface area contributed by atoms with E-state index in [0.717, 1.165) is 21.9 Å². The predicted octanol–water partition coefficient (Wildman–Crippen LogP) is 13.6. The van der Waals surface area contributed by atoms with E-state index in [-0.39, 0.29) is 5.41 Å². The van der Waals surface area contributed by atoms with E-state index in [0.29, 0.717) is 0 Å². The summed E-state index contributed by atoms with van der Waals surface area (Å²) in [5.74, 6) is 0. The smallest absolute Gasteiger partial charge is 0.135 e. The lowest BCUT2D eigenvalue weighted by Crippen LogP contribution is -2.26. The number of hydrogen-bond donors (Lipinski definition) is 0. The molecule has 1 heteroatoms. The molecule has 0 saturated heterocycles. The van der Waals surface area contributed by atoms with Crippen molar-refractivity contribution >= 4 is 43.5 Å². The molecule has 0 amide bonds. The lowest BCUT2D eigenvalue weighted by Gasteiger charge is -2.31. The summed E-state index contributed by atoms with van der Waals surface area (Å²) in [5, 5.41) is 7.35. The first-order chi connectivity index (χ1) is 25.8. The molecule has 2 aliphatic rings. The summed E-state index contributed by atoms with van der Waals surface area (Å²) in [4.78, 5) is 0. The number of fused-ring (bicyclic) bond motifs is 16. The van der Waals surface area contributed by atoms with Gasteiger partial charge in [0.1, 0.15) is 11.2 Å². The molecule has 0 aliphatic heterocycles. The van der Waals surface area contributed by atoms with Crippen molar-refractivity contribution in [3.8, 4) is 44.5 Å². The number of para-hydroxylation sites is 1. The lowest BCUT2D eigenvalue weighted by atomic mass is 9.69. The van der Waals surface area contributed by atoms with Gasteiger partial charge in [0.25, 0.3) is 0 Å². The summed E-state index contributed by atoms with van der Waals surface area (Å²) < 4.78 is 6.09.